The van der Waals surface area contributed by atoms with Gasteiger partial charge in [0.1, 0.15) is 0 Å². The number of anilines is 1. The van der Waals surface area contributed by atoms with Crippen LogP contribution in [0.1, 0.15) is 5.56 Å². The molecule has 0 aliphatic heterocycles. The number of nitrogens with one attached hydrogen (secondary N) is 1. The van der Waals surface area contributed by atoms with Crippen molar-refractivity contribution in [3.63, 3.8) is 0 Å². The maximum absolute atomic E-state index is 11.1. The smallest absolute Gasteiger partial charge is 0.263 e. The summed E-state index contributed by atoms with van der Waals surface area (Å²) in [4.78, 5) is 11.1. The Balaban J connectivity index is 0.000000437. The first-order valence-corrected chi connectivity index (χ1v) is 8.60. The molecule has 8 heteroatoms. The molecule has 0 heterocycles. The van der Waals surface area contributed by atoms with Gasteiger partial charge in [-0.25, -0.2) is 0 Å². The second-order valence-electron chi connectivity index (χ2n) is 3.16. The van der Waals surface area contributed by atoms with E-state index in [2.05, 4.69) is 16.5 Å². The van der Waals surface area contributed by atoms with Gasteiger partial charge in [-0.3, -0.25) is 9.11 Å². The first-order valence-electron chi connectivity index (χ1n) is 4.79. The van der Waals surface area contributed by atoms with Gasteiger partial charge in [-0.2, -0.15) is 4.21 Å². The Morgan fingerprint density at radius 2 is 1.94 bits per heavy atom. The molecule has 1 amide bonds. The molecule has 0 aromatic heterocycles. The van der Waals surface area contributed by atoms with Crippen molar-refractivity contribution in [3.8, 4) is 0 Å². The summed E-state index contributed by atoms with van der Waals surface area (Å²) in [5.41, 5.74) is 2.04. The van der Waals surface area contributed by atoms with E-state index in [1.54, 1.807) is 0 Å². The van der Waals surface area contributed by atoms with Crippen molar-refractivity contribution in [2.45, 2.75) is 10.6 Å². The Bertz CT molecular complexity index is 468. The van der Waals surface area contributed by atoms with Crippen LogP contribution in [0.4, 0.5) is 5.69 Å². The first kappa shape index (κ1) is 17.0. The van der Waals surface area contributed by atoms with E-state index in [-0.39, 0.29) is 5.91 Å². The minimum Gasteiger partial charge on any atom is -0.285 e. The van der Waals surface area contributed by atoms with E-state index in [4.69, 9.17) is 13.3 Å². The zero-order valence-corrected chi connectivity index (χ0v) is 13.2. The van der Waals surface area contributed by atoms with Crippen molar-refractivity contribution >= 4 is 59.8 Å². The number of rotatable bonds is 2. The maximum atomic E-state index is 11.1. The largest absolute Gasteiger partial charge is 0.285 e. The van der Waals surface area contributed by atoms with Crippen LogP contribution in [0, 0.1) is 6.92 Å². The molecule has 0 bridgehead atoms. The first-order chi connectivity index (χ1) is 7.74. The number of carbonyl (C=O) groups is 1. The quantitative estimate of drug-likeness (QED) is 0.711. The van der Waals surface area contributed by atoms with Crippen LogP contribution in [0.5, 0.6) is 0 Å². The van der Waals surface area contributed by atoms with Crippen LogP contribution >= 0.6 is 0 Å². The molecule has 0 radical (unpaired) electrons. The van der Waals surface area contributed by atoms with Crippen LogP contribution < -0.4 is 5.32 Å². The normalized spacial score (nSPS) is 10.2. The molecule has 90 valence electrons. The molecule has 0 saturated heterocycles. The molecule has 0 spiro atoms. The van der Waals surface area contributed by atoms with E-state index in [0.717, 1.165) is 39.2 Å². The molecule has 1 aromatic carbocycles. The summed E-state index contributed by atoms with van der Waals surface area (Å²) in [5.74, 6) is 0.121. The maximum Gasteiger partial charge on any atom is 0.263 e. The number of hydrogen-bond donors (Lipinski definition) is 3. The molecule has 1 rings (SSSR count). The van der Waals surface area contributed by atoms with Crippen LogP contribution in [0.25, 0.3) is 0 Å². The summed E-state index contributed by atoms with van der Waals surface area (Å²) in [6.45, 7) is 1.99. The van der Waals surface area contributed by atoms with E-state index < -0.39 is 9.05 Å². The minimum absolute atomic E-state index is 0.121. The third-order valence-electron chi connectivity index (χ3n) is 1.74. The van der Waals surface area contributed by atoms with E-state index in [0.29, 0.717) is 3.67 Å². The molecule has 0 saturated carbocycles. The van der Waals surface area contributed by atoms with Gasteiger partial charge in [-0.15, -0.1) is 0 Å². The van der Waals surface area contributed by atoms with Crippen LogP contribution in [0.15, 0.2) is 24.3 Å². The summed E-state index contributed by atoms with van der Waals surface area (Å²) >= 11 is 4.38. The van der Waals surface area contributed by atoms with Crippen LogP contribution in [0.3, 0.4) is 0 Å². The van der Waals surface area contributed by atoms with Gasteiger partial charge in [0.15, 0.2) is 0 Å². The molecule has 5 nitrogen and oxygen atoms in total. The fraction of sp³-hybridized carbons (Fsp3) is 0.222. The van der Waals surface area contributed by atoms with Crippen molar-refractivity contribution in [1.82, 2.24) is 0 Å². The Morgan fingerprint density at radius 1 is 1.47 bits per heavy atom. The second-order valence-corrected chi connectivity index (χ2v) is 6.07. The third-order valence-corrected chi connectivity index (χ3v) is 2.38. The fourth-order valence-corrected chi connectivity index (χ4v) is 1.13. The number of carbonyl (C=O) groups excluding carboxylic acids is 1. The van der Waals surface area contributed by atoms with Gasteiger partial charge in [-0.1, -0.05) is 0 Å². The zero-order chi connectivity index (χ0) is 13.5. The van der Waals surface area contributed by atoms with Crippen molar-refractivity contribution < 1.29 is 18.1 Å². The number of hydrogen-bond acceptors (Lipinski definition) is 3. The van der Waals surface area contributed by atoms with Gasteiger partial charge < -0.3 is 0 Å². The number of benzene rings is 1. The molecule has 1 aromatic rings. The van der Waals surface area contributed by atoms with E-state index >= 15 is 0 Å². The molecule has 3 N–H and O–H groups in total. The topological polar surface area (TPSA) is 86.6 Å². The van der Waals surface area contributed by atoms with Crippen LogP contribution in [-0.2, 0) is 25.0 Å². The van der Waals surface area contributed by atoms with Crippen molar-refractivity contribution in [2.75, 3.05) is 5.32 Å². The van der Waals surface area contributed by atoms with Gasteiger partial charge in [0.05, 0.1) is 0 Å². The standard InChI is InChI=1S/C9H10NO.Na.H2O3S2/c1-7-5-3-4-6-9(7)10-8(2)11;;1-5(2,3)4/h3-6H,2H2,1H3,(H,10,11);;(H2,1,2,3,4). The van der Waals surface area contributed by atoms with Gasteiger partial charge >= 0.3 is 90.1 Å². The Kier molecular flexibility index (Phi) is 8.14. The molecule has 17 heavy (non-hydrogen) atoms. The average Bonchev–Trinajstić information content (AvgIpc) is 2.19. The van der Waals surface area contributed by atoms with E-state index in [1.165, 1.54) is 0 Å². The van der Waals surface area contributed by atoms with Crippen molar-refractivity contribution in [3.05, 3.63) is 29.8 Å². The molecule has 0 atom stereocenters. The Morgan fingerprint density at radius 3 is 2.35 bits per heavy atom. The second kappa shape index (κ2) is 8.15. The SMILES string of the molecule is Cc1ccccc1NC(=O)[CH2][Na].O=S(O)(O)=S. The summed E-state index contributed by atoms with van der Waals surface area (Å²) in [5, 5.41) is 2.86. The van der Waals surface area contributed by atoms with Gasteiger partial charge in [0.2, 0.25) is 0 Å². The molecular weight excluding hydrogens is 273 g/mol. The predicted molar refractivity (Wildman–Crippen MR) is 71.1 cm³/mol. The van der Waals surface area contributed by atoms with E-state index in [9.17, 15) is 4.79 Å². The Hall–Kier alpha value is -0.0200. The predicted octanol–water partition coefficient (Wildman–Crippen LogP) is 1.20. The number of amides is 1. The fourth-order valence-electron chi connectivity index (χ4n) is 0.952. The molecule has 0 aliphatic carbocycles. The summed E-state index contributed by atoms with van der Waals surface area (Å²) < 4.78 is 24.6. The van der Waals surface area contributed by atoms with Crippen LogP contribution in [0.2, 0.25) is 3.67 Å². The van der Waals surface area contributed by atoms with E-state index in [1.807, 2.05) is 31.2 Å². The summed E-state index contributed by atoms with van der Waals surface area (Å²) in [7, 11) is -3.83. The summed E-state index contributed by atoms with van der Waals surface area (Å²) in [6.07, 6.45) is 0. The molecule has 0 unspecified atom stereocenters. The Labute approximate surface area is 123 Å². The van der Waals surface area contributed by atoms with Gasteiger partial charge in [-0.05, 0) is 0 Å². The summed E-state index contributed by atoms with van der Waals surface area (Å²) in [6, 6.07) is 7.80. The van der Waals surface area contributed by atoms with Gasteiger partial charge in [0.25, 0.3) is 9.05 Å². The van der Waals surface area contributed by atoms with Gasteiger partial charge in [0, 0.05) is 11.2 Å². The van der Waals surface area contributed by atoms with Crippen molar-refractivity contribution in [2.24, 2.45) is 0 Å². The number of aryl methyl sites for hydroxylation is 1. The zero-order valence-electron chi connectivity index (χ0n) is 9.54. The molecule has 0 fully saturated rings. The molecular formula is C9H12NNaO4S2. The third kappa shape index (κ3) is 10.8. The number of para-hydroxylation sites is 1. The average molecular weight is 285 g/mol. The van der Waals surface area contributed by atoms with Crippen molar-refractivity contribution in [1.29, 1.82) is 0 Å². The van der Waals surface area contributed by atoms with Crippen LogP contribution in [-0.4, -0.2) is 47.2 Å². The monoisotopic (exact) mass is 285 g/mol. The molecule has 0 aliphatic rings. The minimum atomic E-state index is -3.83.